The van der Waals surface area contributed by atoms with Gasteiger partial charge in [0.1, 0.15) is 0 Å². The maximum atomic E-state index is 4.66. The van der Waals surface area contributed by atoms with E-state index >= 15 is 0 Å². The summed E-state index contributed by atoms with van der Waals surface area (Å²) >= 11 is 0. The van der Waals surface area contributed by atoms with Crippen LogP contribution in [-0.4, -0.2) is 64.3 Å². The summed E-state index contributed by atoms with van der Waals surface area (Å²) in [5.41, 5.74) is 8.38. The number of fused-ring (bicyclic) bond motifs is 1. The Morgan fingerprint density at radius 2 is 1.10 bits per heavy atom. The van der Waals surface area contributed by atoms with Crippen LogP contribution in [-0.2, 0) is 12.8 Å². The molecule has 0 unspecified atom stereocenters. The average molecular weight is 537 g/mol. The Balaban J connectivity index is 1.54. The van der Waals surface area contributed by atoms with E-state index in [9.17, 15) is 0 Å². The number of benzene rings is 4. The van der Waals surface area contributed by atoms with Crippen molar-refractivity contribution in [3.63, 3.8) is 0 Å². The number of aryl methyl sites for hydroxylation is 2. The fourth-order valence-corrected chi connectivity index (χ4v) is 4.51. The van der Waals surface area contributed by atoms with Crippen molar-refractivity contribution in [1.29, 1.82) is 0 Å². The van der Waals surface area contributed by atoms with Gasteiger partial charge in [-0.1, -0.05) is 30.3 Å². The van der Waals surface area contributed by atoms with Crippen LogP contribution < -0.4 is 0 Å². The molecule has 4 aromatic rings. The lowest BCUT2D eigenvalue weighted by Crippen LogP contribution is -2.36. The van der Waals surface area contributed by atoms with Crippen molar-refractivity contribution in [2.45, 2.75) is 26.7 Å². The SMILES string of the molecule is Cc1cc(CC[N+](C)(C)C)cc(N=Nc2ccc3ccc(N=Nc4cc(C)ccc4CC[N+](C)(C)C)cc3c2)c1. The van der Waals surface area contributed by atoms with Crippen LogP contribution in [0.15, 0.2) is 93.3 Å². The lowest BCUT2D eigenvalue weighted by Gasteiger charge is -2.24. The monoisotopic (exact) mass is 536 g/mol. The number of hydrogen-bond acceptors (Lipinski definition) is 4. The number of nitrogens with zero attached hydrogens (tertiary/aromatic N) is 6. The Morgan fingerprint density at radius 3 is 1.75 bits per heavy atom. The molecule has 0 radical (unpaired) electrons. The molecule has 6 nitrogen and oxygen atoms in total. The fourth-order valence-electron chi connectivity index (χ4n) is 4.51. The summed E-state index contributed by atoms with van der Waals surface area (Å²) in [4.78, 5) is 0. The van der Waals surface area contributed by atoms with E-state index in [-0.39, 0.29) is 0 Å². The van der Waals surface area contributed by atoms with Crippen LogP contribution in [0.1, 0.15) is 22.3 Å². The zero-order valence-corrected chi connectivity index (χ0v) is 25.4. The van der Waals surface area contributed by atoms with Gasteiger partial charge in [0.2, 0.25) is 0 Å². The molecule has 4 rings (SSSR count). The summed E-state index contributed by atoms with van der Waals surface area (Å²) in [5.74, 6) is 0. The molecule has 0 saturated heterocycles. The summed E-state index contributed by atoms with van der Waals surface area (Å²) in [6.45, 7) is 6.33. The Kier molecular flexibility index (Phi) is 8.92. The van der Waals surface area contributed by atoms with E-state index in [1.165, 1.54) is 22.3 Å². The molecule has 0 bridgehead atoms. The van der Waals surface area contributed by atoms with Crippen molar-refractivity contribution < 1.29 is 8.97 Å². The van der Waals surface area contributed by atoms with Gasteiger partial charge < -0.3 is 8.97 Å². The minimum atomic E-state index is 0.817. The molecular formula is C34H44N6+2. The normalized spacial score (nSPS) is 12.7. The zero-order valence-electron chi connectivity index (χ0n) is 25.4. The average Bonchev–Trinajstić information content (AvgIpc) is 2.87. The highest BCUT2D eigenvalue weighted by Gasteiger charge is 2.11. The van der Waals surface area contributed by atoms with Crippen molar-refractivity contribution in [3.05, 3.63) is 95.1 Å². The number of hydrogen-bond donors (Lipinski definition) is 0. The molecule has 208 valence electrons. The van der Waals surface area contributed by atoms with Gasteiger partial charge in [-0.25, -0.2) is 0 Å². The summed E-state index contributed by atoms with van der Waals surface area (Å²) < 4.78 is 1.85. The highest BCUT2D eigenvalue weighted by atomic mass is 15.3. The molecule has 0 amide bonds. The standard InChI is InChI=1S/C34H44N6/c1-25-9-10-29(16-18-40(6,7)8)34(21-25)38-36-32-14-12-28-11-13-31(23-30(28)24-32)35-37-33-20-26(2)19-27(22-33)15-17-39(3,4)5/h9-14,19-24H,15-18H2,1-8H3/q+2. The quantitative estimate of drug-likeness (QED) is 0.144. The smallest absolute Gasteiger partial charge is 0.0893 e. The summed E-state index contributed by atoms with van der Waals surface area (Å²) in [6.07, 6.45) is 1.98. The first-order valence-electron chi connectivity index (χ1n) is 14.0. The van der Waals surface area contributed by atoms with Gasteiger partial charge in [-0.3, -0.25) is 0 Å². The third-order valence-corrected chi connectivity index (χ3v) is 6.85. The second kappa shape index (κ2) is 12.2. The van der Waals surface area contributed by atoms with Gasteiger partial charge in [0.05, 0.1) is 78.1 Å². The van der Waals surface area contributed by atoms with E-state index in [1.54, 1.807) is 0 Å². The maximum absolute atomic E-state index is 4.66. The van der Waals surface area contributed by atoms with E-state index in [4.69, 9.17) is 0 Å². The Labute approximate surface area is 239 Å². The Bertz CT molecular complexity index is 1540. The minimum absolute atomic E-state index is 0.817. The van der Waals surface area contributed by atoms with E-state index in [2.05, 4.69) is 137 Å². The maximum Gasteiger partial charge on any atom is 0.0893 e. The highest BCUT2D eigenvalue weighted by molar-refractivity contribution is 5.87. The Hall–Kier alpha value is -3.74. The van der Waals surface area contributed by atoms with Crippen molar-refractivity contribution in [3.8, 4) is 0 Å². The predicted octanol–water partition coefficient (Wildman–Crippen LogP) is 8.78. The molecule has 0 fully saturated rings. The van der Waals surface area contributed by atoms with E-state index in [1.807, 2.05) is 12.1 Å². The zero-order chi connectivity index (χ0) is 28.9. The third kappa shape index (κ3) is 8.90. The van der Waals surface area contributed by atoms with Gasteiger partial charge >= 0.3 is 0 Å². The van der Waals surface area contributed by atoms with E-state index in [0.29, 0.717) is 0 Å². The summed E-state index contributed by atoms with van der Waals surface area (Å²) in [5, 5.41) is 20.6. The molecule has 0 aliphatic carbocycles. The van der Waals surface area contributed by atoms with Gasteiger partial charge in [0.15, 0.2) is 0 Å². The van der Waals surface area contributed by atoms with Crippen LogP contribution in [0.5, 0.6) is 0 Å². The second-order valence-corrected chi connectivity index (χ2v) is 13.0. The number of likely N-dealkylation sites (N-methyl/N-ethyl adjacent to an activating group) is 2. The topological polar surface area (TPSA) is 49.4 Å². The van der Waals surface area contributed by atoms with Crippen LogP contribution in [0.2, 0.25) is 0 Å². The van der Waals surface area contributed by atoms with Gasteiger partial charge in [-0.15, -0.1) is 0 Å². The first-order chi connectivity index (χ1) is 18.8. The Morgan fingerprint density at radius 1 is 0.500 bits per heavy atom. The predicted molar refractivity (Wildman–Crippen MR) is 168 cm³/mol. The van der Waals surface area contributed by atoms with Crippen LogP contribution in [0, 0.1) is 13.8 Å². The van der Waals surface area contributed by atoms with E-state index in [0.717, 1.165) is 68.4 Å². The largest absolute Gasteiger partial charge is 0.331 e. The number of quaternary nitrogens is 2. The molecule has 0 aromatic heterocycles. The van der Waals surface area contributed by atoms with Crippen LogP contribution in [0.4, 0.5) is 22.7 Å². The molecule has 4 aromatic carbocycles. The first-order valence-corrected chi connectivity index (χ1v) is 14.0. The molecule has 0 spiro atoms. The molecular weight excluding hydrogens is 492 g/mol. The van der Waals surface area contributed by atoms with Gasteiger partial charge in [0.25, 0.3) is 0 Å². The van der Waals surface area contributed by atoms with Crippen LogP contribution in [0.3, 0.4) is 0 Å². The van der Waals surface area contributed by atoms with Crippen molar-refractivity contribution >= 4 is 33.5 Å². The van der Waals surface area contributed by atoms with Crippen LogP contribution in [0.25, 0.3) is 10.8 Å². The molecule has 40 heavy (non-hydrogen) atoms. The number of rotatable bonds is 10. The summed E-state index contributed by atoms with van der Waals surface area (Å²) in [7, 11) is 13.3. The molecule has 0 atom stereocenters. The van der Waals surface area contributed by atoms with E-state index < -0.39 is 0 Å². The second-order valence-electron chi connectivity index (χ2n) is 13.0. The van der Waals surface area contributed by atoms with Crippen LogP contribution >= 0.6 is 0 Å². The molecule has 0 heterocycles. The molecule has 6 heteroatoms. The fraction of sp³-hybridized carbons (Fsp3) is 0.353. The lowest BCUT2D eigenvalue weighted by atomic mass is 10.1. The lowest BCUT2D eigenvalue weighted by molar-refractivity contribution is -0.870. The highest BCUT2D eigenvalue weighted by Crippen LogP contribution is 2.29. The summed E-state index contributed by atoms with van der Waals surface area (Å²) in [6, 6.07) is 25.2. The molecule has 0 N–H and O–H groups in total. The minimum Gasteiger partial charge on any atom is -0.331 e. The van der Waals surface area contributed by atoms with Crippen molar-refractivity contribution in [2.75, 3.05) is 55.4 Å². The number of azo groups is 2. The van der Waals surface area contributed by atoms with Crippen molar-refractivity contribution in [2.24, 2.45) is 20.5 Å². The van der Waals surface area contributed by atoms with Gasteiger partial charge in [-0.05, 0) is 89.3 Å². The van der Waals surface area contributed by atoms with Gasteiger partial charge in [-0.2, -0.15) is 20.5 Å². The van der Waals surface area contributed by atoms with Crippen molar-refractivity contribution in [1.82, 2.24) is 0 Å². The molecule has 0 aliphatic heterocycles. The van der Waals surface area contributed by atoms with Gasteiger partial charge in [0, 0.05) is 12.8 Å². The molecule has 0 aliphatic rings. The third-order valence-electron chi connectivity index (χ3n) is 6.85. The molecule has 0 saturated carbocycles. The first kappa shape index (κ1) is 29.2.